The average molecular weight is 506 g/mol. The molecule has 0 unspecified atom stereocenters. The second-order valence-electron chi connectivity index (χ2n) is 8.16. The summed E-state index contributed by atoms with van der Waals surface area (Å²) < 4.78 is 0. The number of carbonyl (C=O) groups is 4. The number of unbranched alkanes of at least 4 members (excludes halogenated alkanes) is 3. The summed E-state index contributed by atoms with van der Waals surface area (Å²) in [5.41, 5.74) is 22.5. The third kappa shape index (κ3) is 13.7. The highest BCUT2D eigenvalue weighted by atomic mass is 32.1. The monoisotopic (exact) mass is 505 g/mol. The number of carboxylic acids is 1. The van der Waals surface area contributed by atoms with Crippen molar-refractivity contribution in [1.82, 2.24) is 16.0 Å². The molecule has 0 aromatic heterocycles. The van der Waals surface area contributed by atoms with Crippen LogP contribution >= 0.6 is 12.6 Å². The molecule has 198 valence electrons. The van der Waals surface area contributed by atoms with Crippen LogP contribution in [0.5, 0.6) is 0 Å². The quantitative estimate of drug-likeness (QED) is 0.0668. The lowest BCUT2D eigenvalue weighted by Crippen LogP contribution is -2.57. The van der Waals surface area contributed by atoms with E-state index in [1.165, 1.54) is 0 Å². The van der Waals surface area contributed by atoms with E-state index in [1.807, 2.05) is 0 Å². The summed E-state index contributed by atoms with van der Waals surface area (Å²) >= 11 is 3.95. The van der Waals surface area contributed by atoms with Crippen LogP contribution < -0.4 is 38.9 Å². The maximum atomic E-state index is 13.0. The highest BCUT2D eigenvalue weighted by molar-refractivity contribution is 7.80. The van der Waals surface area contributed by atoms with Crippen LogP contribution in [0.4, 0.5) is 0 Å². The minimum atomic E-state index is -1.23. The van der Waals surface area contributed by atoms with E-state index in [4.69, 9.17) is 22.9 Å². The van der Waals surface area contributed by atoms with Gasteiger partial charge in [-0.05, 0) is 71.0 Å². The minimum Gasteiger partial charge on any atom is -0.480 e. The molecule has 0 bridgehead atoms. The largest absolute Gasteiger partial charge is 0.480 e. The first-order valence-electron chi connectivity index (χ1n) is 11.8. The van der Waals surface area contributed by atoms with Crippen LogP contribution in [-0.4, -0.2) is 78.4 Å². The van der Waals surface area contributed by atoms with Crippen molar-refractivity contribution in [2.75, 3.05) is 25.4 Å². The van der Waals surface area contributed by atoms with Crippen molar-refractivity contribution < 1.29 is 24.3 Å². The van der Waals surface area contributed by atoms with Gasteiger partial charge in [0.25, 0.3) is 0 Å². The lowest BCUT2D eigenvalue weighted by atomic mass is 10.0. The van der Waals surface area contributed by atoms with Crippen LogP contribution in [0.15, 0.2) is 0 Å². The van der Waals surface area contributed by atoms with Gasteiger partial charge in [-0.2, -0.15) is 12.6 Å². The summed E-state index contributed by atoms with van der Waals surface area (Å²) in [6.45, 7) is 1.35. The summed E-state index contributed by atoms with van der Waals surface area (Å²) in [5, 5.41) is 16.9. The summed E-state index contributed by atoms with van der Waals surface area (Å²) in [5.74, 6) is -2.99. The third-order valence-electron chi connectivity index (χ3n) is 5.26. The van der Waals surface area contributed by atoms with Crippen molar-refractivity contribution >= 4 is 36.3 Å². The van der Waals surface area contributed by atoms with E-state index < -0.39 is 47.9 Å². The predicted octanol–water partition coefficient (Wildman–Crippen LogP) is -1.83. The molecule has 0 aromatic carbocycles. The Morgan fingerprint density at radius 2 is 1.03 bits per heavy atom. The average Bonchev–Trinajstić information content (AvgIpc) is 2.80. The Hall–Kier alpha value is -1.93. The molecule has 13 heteroatoms. The van der Waals surface area contributed by atoms with Crippen molar-refractivity contribution in [3.8, 4) is 0 Å². The zero-order chi connectivity index (χ0) is 25.9. The summed E-state index contributed by atoms with van der Waals surface area (Å²) in [6, 6.07) is -3.89. The van der Waals surface area contributed by atoms with E-state index in [0.717, 1.165) is 6.42 Å². The van der Waals surface area contributed by atoms with Gasteiger partial charge in [0.15, 0.2) is 0 Å². The van der Waals surface area contributed by atoms with Crippen LogP contribution in [0.2, 0.25) is 0 Å². The molecule has 0 aromatic rings. The minimum absolute atomic E-state index is 0.107. The van der Waals surface area contributed by atoms with Crippen molar-refractivity contribution in [1.29, 1.82) is 0 Å². The van der Waals surface area contributed by atoms with Gasteiger partial charge in [-0.25, -0.2) is 4.79 Å². The topological polar surface area (TPSA) is 229 Å². The Labute approximate surface area is 207 Å². The van der Waals surface area contributed by atoms with Crippen LogP contribution in [0.25, 0.3) is 0 Å². The standard InChI is InChI=1S/C21H43N7O5S/c22-10-4-1-7-14(25)18(29)26-15(8-2-5-11-23)19(30)27-16(9-3-6-12-24)20(31)28-17(13-34)21(32)33/h14-17,34H,1-13,22-25H2,(H,26,29)(H,27,30)(H,28,31)(H,32,33)/t14-,15-,16-,17-/m0/s1. The van der Waals surface area contributed by atoms with E-state index in [2.05, 4.69) is 28.6 Å². The van der Waals surface area contributed by atoms with Crippen molar-refractivity contribution in [2.24, 2.45) is 22.9 Å². The smallest absolute Gasteiger partial charge is 0.327 e. The Morgan fingerprint density at radius 3 is 1.41 bits per heavy atom. The molecule has 0 aliphatic heterocycles. The predicted molar refractivity (Wildman–Crippen MR) is 134 cm³/mol. The molecular weight excluding hydrogens is 462 g/mol. The van der Waals surface area contributed by atoms with Gasteiger partial charge >= 0.3 is 5.97 Å². The molecule has 0 radical (unpaired) electrons. The Morgan fingerprint density at radius 1 is 0.647 bits per heavy atom. The fourth-order valence-corrected chi connectivity index (χ4v) is 3.42. The lowest BCUT2D eigenvalue weighted by Gasteiger charge is -2.25. The Balaban J connectivity index is 5.35. The summed E-state index contributed by atoms with van der Waals surface area (Å²) in [4.78, 5) is 49.6. The first-order chi connectivity index (χ1) is 16.2. The van der Waals surface area contributed by atoms with E-state index >= 15 is 0 Å². The van der Waals surface area contributed by atoms with Gasteiger partial charge in [0.2, 0.25) is 17.7 Å². The molecule has 0 spiro atoms. The van der Waals surface area contributed by atoms with Gasteiger partial charge in [-0.3, -0.25) is 14.4 Å². The van der Waals surface area contributed by atoms with Gasteiger partial charge in [-0.1, -0.05) is 6.42 Å². The summed E-state index contributed by atoms with van der Waals surface area (Å²) in [7, 11) is 0. The number of nitrogens with one attached hydrogen (secondary N) is 3. The normalized spacial score (nSPS) is 14.5. The number of hydrogen-bond acceptors (Lipinski definition) is 9. The molecule has 0 aliphatic rings. The maximum absolute atomic E-state index is 13.0. The number of carboxylic acid groups (broad SMARTS) is 1. The molecule has 4 atom stereocenters. The fraction of sp³-hybridized carbons (Fsp3) is 0.810. The van der Waals surface area contributed by atoms with Gasteiger partial charge in [0.05, 0.1) is 6.04 Å². The van der Waals surface area contributed by atoms with Gasteiger partial charge in [-0.15, -0.1) is 0 Å². The number of nitrogens with two attached hydrogens (primary N) is 4. The Bertz CT molecular complexity index is 626. The SMILES string of the molecule is NCCCC[C@H](NC(=O)[C@H](CCCCN)NC(=O)[C@@H](N)CCCCN)C(=O)N[C@@H](CS)C(=O)O. The van der Waals surface area contributed by atoms with Crippen molar-refractivity contribution in [2.45, 2.75) is 82.0 Å². The van der Waals surface area contributed by atoms with Gasteiger partial charge in [0.1, 0.15) is 18.1 Å². The van der Waals surface area contributed by atoms with Crippen molar-refractivity contribution in [3.05, 3.63) is 0 Å². The summed E-state index contributed by atoms with van der Waals surface area (Å²) in [6.07, 6.45) is 4.86. The molecule has 0 aliphatic carbocycles. The highest BCUT2D eigenvalue weighted by Crippen LogP contribution is 2.07. The number of thiol groups is 1. The first-order valence-corrected chi connectivity index (χ1v) is 12.5. The lowest BCUT2D eigenvalue weighted by molar-refractivity contribution is -0.141. The molecule has 0 saturated heterocycles. The number of hydrogen-bond donors (Lipinski definition) is 9. The molecular formula is C21H43N7O5S. The second-order valence-corrected chi connectivity index (χ2v) is 8.53. The molecule has 0 saturated carbocycles. The number of aliphatic carboxylic acids is 1. The first kappa shape index (κ1) is 32.1. The third-order valence-corrected chi connectivity index (χ3v) is 5.63. The molecule has 0 heterocycles. The van der Waals surface area contributed by atoms with Crippen LogP contribution in [0, 0.1) is 0 Å². The zero-order valence-electron chi connectivity index (χ0n) is 19.8. The highest BCUT2D eigenvalue weighted by Gasteiger charge is 2.29. The van der Waals surface area contributed by atoms with E-state index in [-0.39, 0.29) is 12.2 Å². The molecule has 12 nitrogen and oxygen atoms in total. The second kappa shape index (κ2) is 19.4. The van der Waals surface area contributed by atoms with Crippen LogP contribution in [0.1, 0.15) is 57.8 Å². The number of amides is 3. The van der Waals surface area contributed by atoms with Crippen LogP contribution in [0.3, 0.4) is 0 Å². The van der Waals surface area contributed by atoms with E-state index in [1.54, 1.807) is 0 Å². The Kier molecular flexibility index (Phi) is 18.3. The zero-order valence-corrected chi connectivity index (χ0v) is 20.7. The molecule has 0 rings (SSSR count). The van der Waals surface area contributed by atoms with Crippen LogP contribution in [-0.2, 0) is 19.2 Å². The van der Waals surface area contributed by atoms with Gasteiger partial charge in [0, 0.05) is 5.75 Å². The van der Waals surface area contributed by atoms with Gasteiger partial charge < -0.3 is 44.0 Å². The van der Waals surface area contributed by atoms with Crippen molar-refractivity contribution in [3.63, 3.8) is 0 Å². The molecule has 3 amide bonds. The fourth-order valence-electron chi connectivity index (χ4n) is 3.17. The number of rotatable bonds is 20. The molecule has 12 N–H and O–H groups in total. The maximum Gasteiger partial charge on any atom is 0.327 e. The number of carbonyl (C=O) groups excluding carboxylic acids is 3. The molecule has 0 fully saturated rings. The van der Waals surface area contributed by atoms with E-state index in [9.17, 15) is 24.3 Å². The molecule has 34 heavy (non-hydrogen) atoms. The van der Waals surface area contributed by atoms with E-state index in [0.29, 0.717) is 64.6 Å².